The lowest BCUT2D eigenvalue weighted by molar-refractivity contribution is -0.142. The molecule has 5 heteroatoms. The van der Waals surface area contributed by atoms with Gasteiger partial charge in [-0.25, -0.2) is 9.59 Å². The van der Waals surface area contributed by atoms with E-state index in [9.17, 15) is 14.7 Å². The molecule has 1 atom stereocenters. The molecule has 2 aromatic rings. The molecule has 0 aliphatic heterocycles. The molecular formula is C28H37NO4. The molecule has 2 aromatic carbocycles. The number of fused-ring (bicyclic) bond motifs is 3. The van der Waals surface area contributed by atoms with Gasteiger partial charge in [-0.2, -0.15) is 0 Å². The maximum Gasteiger partial charge on any atom is 0.410 e. The van der Waals surface area contributed by atoms with Gasteiger partial charge in [0, 0.05) is 13.0 Å². The van der Waals surface area contributed by atoms with Crippen LogP contribution in [0.4, 0.5) is 4.79 Å². The van der Waals surface area contributed by atoms with Crippen molar-refractivity contribution in [2.24, 2.45) is 0 Å². The molecule has 1 N–H and O–H groups in total. The highest BCUT2D eigenvalue weighted by Crippen LogP contribution is 2.44. The largest absolute Gasteiger partial charge is 0.480 e. The maximum absolute atomic E-state index is 12.7. The quantitative estimate of drug-likeness (QED) is 0.338. The van der Waals surface area contributed by atoms with Crippen molar-refractivity contribution in [1.82, 2.24) is 4.90 Å². The van der Waals surface area contributed by atoms with Crippen molar-refractivity contribution >= 4 is 12.1 Å². The Labute approximate surface area is 197 Å². The van der Waals surface area contributed by atoms with Crippen LogP contribution >= 0.6 is 0 Å². The van der Waals surface area contributed by atoms with Crippen LogP contribution in [0.2, 0.25) is 0 Å². The number of benzene rings is 2. The number of carbonyl (C=O) groups excluding carboxylic acids is 1. The molecule has 1 aliphatic rings. The first-order chi connectivity index (χ1) is 16.0. The molecule has 1 amide bonds. The number of carboxylic acid groups (broad SMARTS) is 1. The fourth-order valence-electron chi connectivity index (χ4n) is 4.78. The molecule has 0 saturated heterocycles. The van der Waals surface area contributed by atoms with Crippen molar-refractivity contribution < 1.29 is 19.4 Å². The zero-order valence-corrected chi connectivity index (χ0v) is 20.0. The van der Waals surface area contributed by atoms with E-state index >= 15 is 0 Å². The van der Waals surface area contributed by atoms with E-state index in [2.05, 4.69) is 31.2 Å². The second-order valence-electron chi connectivity index (χ2n) is 9.03. The minimum atomic E-state index is -0.978. The third-order valence-electron chi connectivity index (χ3n) is 6.71. The zero-order chi connectivity index (χ0) is 23.6. The lowest BCUT2D eigenvalue weighted by Gasteiger charge is -2.25. The molecule has 0 unspecified atom stereocenters. The monoisotopic (exact) mass is 451 g/mol. The van der Waals surface area contributed by atoms with E-state index in [1.165, 1.54) is 55.2 Å². The number of carboxylic acids is 1. The van der Waals surface area contributed by atoms with Gasteiger partial charge < -0.3 is 9.84 Å². The van der Waals surface area contributed by atoms with E-state index in [0.717, 1.165) is 30.4 Å². The van der Waals surface area contributed by atoms with E-state index in [1.54, 1.807) is 0 Å². The smallest absolute Gasteiger partial charge is 0.410 e. The van der Waals surface area contributed by atoms with Crippen LogP contribution in [0.5, 0.6) is 0 Å². The summed E-state index contributed by atoms with van der Waals surface area (Å²) >= 11 is 0. The number of amides is 1. The number of unbranched alkanes of at least 4 members (excludes halogenated alkanes) is 7. The maximum atomic E-state index is 12.7. The van der Waals surface area contributed by atoms with Gasteiger partial charge in [0.2, 0.25) is 0 Å². The number of likely N-dealkylation sites (N-methyl/N-ethyl adjacent to an activating group) is 1. The number of aliphatic carboxylic acids is 1. The van der Waals surface area contributed by atoms with Crippen molar-refractivity contribution in [3.05, 3.63) is 59.7 Å². The number of hydrogen-bond acceptors (Lipinski definition) is 3. The Morgan fingerprint density at radius 2 is 1.39 bits per heavy atom. The second-order valence-corrected chi connectivity index (χ2v) is 9.03. The van der Waals surface area contributed by atoms with Crippen LogP contribution in [-0.4, -0.2) is 41.8 Å². The molecule has 3 rings (SSSR count). The van der Waals surface area contributed by atoms with Gasteiger partial charge in [-0.05, 0) is 28.7 Å². The Kier molecular flexibility index (Phi) is 9.35. The second kappa shape index (κ2) is 12.4. The summed E-state index contributed by atoms with van der Waals surface area (Å²) in [6.45, 7) is 2.40. The van der Waals surface area contributed by atoms with Gasteiger partial charge in [0.05, 0.1) is 0 Å². The van der Waals surface area contributed by atoms with Gasteiger partial charge in [0.25, 0.3) is 0 Å². The van der Waals surface area contributed by atoms with E-state index < -0.39 is 18.1 Å². The summed E-state index contributed by atoms with van der Waals surface area (Å²) in [7, 11) is 1.53. The predicted molar refractivity (Wildman–Crippen MR) is 131 cm³/mol. The number of rotatable bonds is 13. The van der Waals surface area contributed by atoms with Gasteiger partial charge in [0.1, 0.15) is 12.6 Å². The SMILES string of the molecule is CCCCCCCCCC[C@@H](C(=O)O)N(C)C(=O)OCC1c2ccccc2-c2ccccc21. The Hall–Kier alpha value is -2.82. The highest BCUT2D eigenvalue weighted by molar-refractivity contribution is 5.81. The Balaban J connectivity index is 1.51. The van der Waals surface area contributed by atoms with E-state index in [1.807, 2.05) is 24.3 Å². The summed E-state index contributed by atoms with van der Waals surface area (Å²) < 4.78 is 5.64. The Bertz CT molecular complexity index is 880. The van der Waals surface area contributed by atoms with Crippen molar-refractivity contribution in [3.8, 4) is 11.1 Å². The van der Waals surface area contributed by atoms with E-state index in [-0.39, 0.29) is 12.5 Å². The summed E-state index contributed by atoms with van der Waals surface area (Å²) in [5, 5.41) is 9.68. The van der Waals surface area contributed by atoms with Crippen LogP contribution in [0, 0.1) is 0 Å². The Morgan fingerprint density at radius 3 is 1.94 bits per heavy atom. The number of hydrogen-bond donors (Lipinski definition) is 1. The van der Waals surface area contributed by atoms with E-state index in [4.69, 9.17) is 4.74 Å². The highest BCUT2D eigenvalue weighted by atomic mass is 16.6. The van der Waals surface area contributed by atoms with Crippen LogP contribution in [0.1, 0.15) is 81.8 Å². The summed E-state index contributed by atoms with van der Waals surface area (Å²) in [5.74, 6) is -1.01. The normalized spacial score (nSPS) is 13.3. The van der Waals surface area contributed by atoms with Gasteiger partial charge in [0.15, 0.2) is 0 Å². The number of carbonyl (C=O) groups is 2. The highest BCUT2D eigenvalue weighted by Gasteiger charge is 2.31. The van der Waals surface area contributed by atoms with Gasteiger partial charge in [-0.3, -0.25) is 4.90 Å². The topological polar surface area (TPSA) is 66.8 Å². The number of ether oxygens (including phenoxy) is 1. The van der Waals surface area contributed by atoms with Crippen LogP contribution < -0.4 is 0 Å². The van der Waals surface area contributed by atoms with Crippen molar-refractivity contribution in [2.45, 2.75) is 76.7 Å². The molecule has 0 saturated carbocycles. The first kappa shape index (κ1) is 24.8. The average Bonchev–Trinajstić information content (AvgIpc) is 3.14. The lowest BCUT2D eigenvalue weighted by atomic mass is 9.98. The summed E-state index contributed by atoms with van der Waals surface area (Å²) in [6, 6.07) is 15.5. The van der Waals surface area contributed by atoms with Gasteiger partial charge >= 0.3 is 12.1 Å². The molecule has 0 fully saturated rings. The molecule has 0 spiro atoms. The third-order valence-corrected chi connectivity index (χ3v) is 6.71. The minimum absolute atomic E-state index is 0.0364. The van der Waals surface area contributed by atoms with Crippen LogP contribution in [0.25, 0.3) is 11.1 Å². The standard InChI is InChI=1S/C28H37NO4/c1-3-4-5-6-7-8-9-10-19-26(27(30)31)29(2)28(32)33-20-25-23-17-13-11-15-21(23)22-16-12-14-18-24(22)25/h11-18,25-26H,3-10,19-20H2,1-2H3,(H,30,31)/t26-/m0/s1. The minimum Gasteiger partial charge on any atom is -0.480 e. The van der Waals surface area contributed by atoms with Crippen molar-refractivity contribution in [3.63, 3.8) is 0 Å². The molecule has 5 nitrogen and oxygen atoms in total. The summed E-state index contributed by atoms with van der Waals surface area (Å²) in [6.07, 6.45) is 9.02. The molecule has 33 heavy (non-hydrogen) atoms. The molecule has 0 radical (unpaired) electrons. The molecule has 0 heterocycles. The number of nitrogens with zero attached hydrogens (tertiary/aromatic N) is 1. The summed E-state index contributed by atoms with van der Waals surface area (Å²) in [5.41, 5.74) is 4.62. The summed E-state index contributed by atoms with van der Waals surface area (Å²) in [4.78, 5) is 25.8. The van der Waals surface area contributed by atoms with Crippen LogP contribution in [0.15, 0.2) is 48.5 Å². The van der Waals surface area contributed by atoms with Crippen LogP contribution in [-0.2, 0) is 9.53 Å². The molecular weight excluding hydrogens is 414 g/mol. The van der Waals surface area contributed by atoms with Crippen molar-refractivity contribution in [1.29, 1.82) is 0 Å². The van der Waals surface area contributed by atoms with E-state index in [0.29, 0.717) is 6.42 Å². The fraction of sp³-hybridized carbons (Fsp3) is 0.500. The van der Waals surface area contributed by atoms with Gasteiger partial charge in [-0.1, -0.05) is 107 Å². The predicted octanol–water partition coefficient (Wildman–Crippen LogP) is 6.85. The zero-order valence-electron chi connectivity index (χ0n) is 20.0. The fourth-order valence-corrected chi connectivity index (χ4v) is 4.78. The average molecular weight is 452 g/mol. The molecule has 0 aromatic heterocycles. The van der Waals surface area contributed by atoms with Crippen molar-refractivity contribution in [2.75, 3.05) is 13.7 Å². The lowest BCUT2D eigenvalue weighted by Crippen LogP contribution is -2.43. The van der Waals surface area contributed by atoms with Gasteiger partial charge in [-0.15, -0.1) is 0 Å². The molecule has 1 aliphatic carbocycles. The molecule has 178 valence electrons. The Morgan fingerprint density at radius 1 is 0.879 bits per heavy atom. The first-order valence-corrected chi connectivity index (χ1v) is 12.3. The van der Waals surface area contributed by atoms with Crippen LogP contribution in [0.3, 0.4) is 0 Å². The molecule has 0 bridgehead atoms. The third kappa shape index (κ3) is 6.37. The first-order valence-electron chi connectivity index (χ1n) is 12.3.